The molecule has 0 aliphatic carbocycles. The highest BCUT2D eigenvalue weighted by Gasteiger charge is 2.39. The molecular weight excluding hydrogens is 331 g/mol. The molecule has 0 aromatic carbocycles. The molecule has 0 aliphatic heterocycles. The van der Waals surface area contributed by atoms with Crippen molar-refractivity contribution in [3.63, 3.8) is 0 Å². The molecule has 0 rings (SSSR count). The van der Waals surface area contributed by atoms with Crippen molar-refractivity contribution >= 4 is 37.2 Å². The first-order valence-corrected chi connectivity index (χ1v) is 9.69. The Bertz CT molecular complexity index is 267. The van der Waals surface area contributed by atoms with Gasteiger partial charge < -0.3 is 9.22 Å². The summed E-state index contributed by atoms with van der Waals surface area (Å²) in [7, 11) is -1.79. The average molecular weight is 354 g/mol. The van der Waals surface area contributed by atoms with Crippen molar-refractivity contribution in [1.82, 2.24) is 0 Å². The van der Waals surface area contributed by atoms with Crippen molar-refractivity contribution in [3.8, 4) is 0 Å². The molecule has 0 saturated carbocycles. The highest BCUT2D eigenvalue weighted by Crippen LogP contribution is 2.38. The standard InChI is InChI=1S/C12H23IO2Si/c1-10(9-13)11(7-8-14)15-16(5,6)12(2,3)4/h8-9,11H,7H2,1-6H3/b10-9+/t11-/m0/s1. The summed E-state index contributed by atoms with van der Waals surface area (Å²) in [5.41, 5.74) is 1.14. The van der Waals surface area contributed by atoms with Crippen LogP contribution >= 0.6 is 22.6 Å². The zero-order valence-electron chi connectivity index (χ0n) is 11.1. The Balaban J connectivity index is 4.82. The molecule has 0 heterocycles. The van der Waals surface area contributed by atoms with Crippen LogP contribution in [0.5, 0.6) is 0 Å². The van der Waals surface area contributed by atoms with E-state index in [9.17, 15) is 4.79 Å². The van der Waals surface area contributed by atoms with E-state index in [0.717, 1.165) is 11.9 Å². The molecule has 0 spiro atoms. The molecule has 0 aromatic rings. The molecule has 2 nitrogen and oxygen atoms in total. The van der Waals surface area contributed by atoms with Crippen LogP contribution in [0.3, 0.4) is 0 Å². The van der Waals surface area contributed by atoms with Crippen LogP contribution in [0.25, 0.3) is 0 Å². The maximum atomic E-state index is 10.7. The van der Waals surface area contributed by atoms with E-state index in [1.807, 2.05) is 11.0 Å². The molecule has 0 amide bonds. The largest absolute Gasteiger partial charge is 0.410 e. The van der Waals surface area contributed by atoms with E-state index >= 15 is 0 Å². The van der Waals surface area contributed by atoms with Gasteiger partial charge in [0, 0.05) is 6.42 Å². The van der Waals surface area contributed by atoms with Gasteiger partial charge in [0.2, 0.25) is 0 Å². The number of rotatable bonds is 5. The first-order chi connectivity index (χ1) is 7.15. The molecule has 16 heavy (non-hydrogen) atoms. The molecule has 0 fully saturated rings. The topological polar surface area (TPSA) is 26.3 Å². The number of halogens is 1. The predicted octanol–water partition coefficient (Wildman–Crippen LogP) is 4.30. The van der Waals surface area contributed by atoms with Gasteiger partial charge in [0.1, 0.15) is 6.29 Å². The molecular formula is C12H23IO2Si. The van der Waals surface area contributed by atoms with E-state index in [4.69, 9.17) is 4.43 Å². The zero-order chi connectivity index (χ0) is 13.0. The number of hydrogen-bond donors (Lipinski definition) is 0. The van der Waals surface area contributed by atoms with E-state index in [1.54, 1.807) is 0 Å². The molecule has 0 saturated heterocycles. The lowest BCUT2D eigenvalue weighted by atomic mass is 10.1. The number of carbonyl (C=O) groups is 1. The summed E-state index contributed by atoms with van der Waals surface area (Å²) in [6.45, 7) is 13.1. The van der Waals surface area contributed by atoms with Crippen molar-refractivity contribution in [3.05, 3.63) is 9.66 Å². The van der Waals surface area contributed by atoms with Crippen LogP contribution in [-0.2, 0) is 9.22 Å². The van der Waals surface area contributed by atoms with Gasteiger partial charge in [-0.2, -0.15) is 0 Å². The van der Waals surface area contributed by atoms with Crippen molar-refractivity contribution in [2.45, 2.75) is 58.4 Å². The van der Waals surface area contributed by atoms with Gasteiger partial charge in [-0.05, 0) is 34.7 Å². The molecule has 4 heteroatoms. The molecule has 0 radical (unpaired) electrons. The second kappa shape index (κ2) is 6.30. The second-order valence-electron chi connectivity index (χ2n) is 5.62. The second-order valence-corrected chi connectivity index (χ2v) is 11.0. The van der Waals surface area contributed by atoms with Crippen molar-refractivity contribution < 1.29 is 9.22 Å². The highest BCUT2D eigenvalue weighted by atomic mass is 127. The quantitative estimate of drug-likeness (QED) is 0.418. The lowest BCUT2D eigenvalue weighted by molar-refractivity contribution is -0.109. The predicted molar refractivity (Wildman–Crippen MR) is 80.5 cm³/mol. The lowest BCUT2D eigenvalue weighted by Gasteiger charge is -2.39. The molecule has 0 N–H and O–H groups in total. The van der Waals surface area contributed by atoms with Crippen LogP contribution < -0.4 is 0 Å². The monoisotopic (exact) mass is 354 g/mol. The van der Waals surface area contributed by atoms with Gasteiger partial charge in [-0.25, -0.2) is 0 Å². The summed E-state index contributed by atoms with van der Waals surface area (Å²) in [5.74, 6) is 0. The number of carbonyl (C=O) groups excluding carboxylic acids is 1. The molecule has 0 bridgehead atoms. The van der Waals surface area contributed by atoms with Crippen molar-refractivity contribution in [1.29, 1.82) is 0 Å². The van der Waals surface area contributed by atoms with Crippen LogP contribution in [-0.4, -0.2) is 20.7 Å². The zero-order valence-corrected chi connectivity index (χ0v) is 14.3. The minimum atomic E-state index is -1.79. The Labute approximate surface area is 114 Å². The van der Waals surface area contributed by atoms with Gasteiger partial charge in [-0.1, -0.05) is 43.4 Å². The van der Waals surface area contributed by atoms with Gasteiger partial charge in [-0.3, -0.25) is 0 Å². The molecule has 94 valence electrons. The number of hydrogen-bond acceptors (Lipinski definition) is 2. The fourth-order valence-corrected chi connectivity index (χ4v) is 2.77. The van der Waals surface area contributed by atoms with Crippen LogP contribution in [0.15, 0.2) is 9.66 Å². The maximum Gasteiger partial charge on any atom is 0.192 e. The third kappa shape index (κ3) is 4.67. The van der Waals surface area contributed by atoms with Crippen molar-refractivity contribution in [2.24, 2.45) is 0 Å². The Morgan fingerprint density at radius 3 is 2.25 bits per heavy atom. The Hall–Kier alpha value is 0.317. The van der Waals surface area contributed by atoms with Gasteiger partial charge in [0.25, 0.3) is 0 Å². The molecule has 0 aromatic heterocycles. The third-order valence-corrected chi connectivity index (χ3v) is 8.70. The first-order valence-electron chi connectivity index (χ1n) is 5.54. The Kier molecular flexibility index (Phi) is 6.43. The summed E-state index contributed by atoms with van der Waals surface area (Å²) in [4.78, 5) is 10.7. The minimum Gasteiger partial charge on any atom is -0.410 e. The van der Waals surface area contributed by atoms with Crippen molar-refractivity contribution in [2.75, 3.05) is 0 Å². The maximum absolute atomic E-state index is 10.7. The van der Waals surface area contributed by atoms with Crippen LogP contribution in [0, 0.1) is 0 Å². The summed E-state index contributed by atoms with van der Waals surface area (Å²) < 4.78 is 8.23. The summed E-state index contributed by atoms with van der Waals surface area (Å²) in [6.07, 6.45) is 1.36. The summed E-state index contributed by atoms with van der Waals surface area (Å²) in [5, 5.41) is 0.180. The van der Waals surface area contributed by atoms with Gasteiger partial charge in [0.05, 0.1) is 6.10 Å². The SMILES string of the molecule is C/C(=C\I)[C@H](CC=O)O[Si](C)(C)C(C)(C)C. The summed E-state index contributed by atoms with van der Waals surface area (Å²) in [6, 6.07) is 0. The van der Waals surface area contributed by atoms with Crippen LogP contribution in [0.2, 0.25) is 18.1 Å². The Morgan fingerprint density at radius 2 is 1.94 bits per heavy atom. The van der Waals surface area contributed by atoms with Crippen LogP contribution in [0.4, 0.5) is 0 Å². The van der Waals surface area contributed by atoms with E-state index in [0.29, 0.717) is 6.42 Å². The number of aldehydes is 1. The lowest BCUT2D eigenvalue weighted by Crippen LogP contribution is -2.44. The fourth-order valence-electron chi connectivity index (χ4n) is 1.02. The summed E-state index contributed by atoms with van der Waals surface area (Å²) >= 11 is 2.20. The van der Waals surface area contributed by atoms with E-state index in [1.165, 1.54) is 0 Å². The fraction of sp³-hybridized carbons (Fsp3) is 0.750. The minimum absolute atomic E-state index is 0.0460. The molecule has 1 atom stereocenters. The van der Waals surface area contributed by atoms with Crippen LogP contribution in [0.1, 0.15) is 34.1 Å². The third-order valence-electron chi connectivity index (χ3n) is 3.23. The Morgan fingerprint density at radius 1 is 1.44 bits per heavy atom. The smallest absolute Gasteiger partial charge is 0.192 e. The first kappa shape index (κ1) is 16.3. The van der Waals surface area contributed by atoms with E-state index in [2.05, 4.69) is 56.5 Å². The van der Waals surface area contributed by atoms with Gasteiger partial charge >= 0.3 is 0 Å². The highest BCUT2D eigenvalue weighted by molar-refractivity contribution is 14.1. The molecule has 0 unspecified atom stereocenters. The average Bonchev–Trinajstić information content (AvgIpc) is 2.14. The van der Waals surface area contributed by atoms with Gasteiger partial charge in [-0.15, -0.1) is 0 Å². The normalized spacial score (nSPS) is 16.1. The molecule has 0 aliphatic rings. The van der Waals surface area contributed by atoms with E-state index < -0.39 is 8.32 Å². The van der Waals surface area contributed by atoms with E-state index in [-0.39, 0.29) is 11.1 Å². The van der Waals surface area contributed by atoms with Gasteiger partial charge in [0.15, 0.2) is 8.32 Å².